The molecule has 0 heterocycles. The standard InChI is InChI=1S/C25H34ClN3O4S/c1-7-18(3)27-25(31)20(5)28(15-21-11-8-10-17(2)14-21)24(30)16-29(34(6,32)33)23-13-9-12-22(26)19(23)4/h8-14,18,20H,7,15-16H2,1-6H3,(H,27,31)/t18-,20-/m0/s1. The molecule has 2 aromatic rings. The van der Waals surface area contributed by atoms with E-state index < -0.39 is 28.5 Å². The first-order valence-electron chi connectivity index (χ1n) is 11.2. The minimum atomic E-state index is -3.81. The second-order valence-corrected chi connectivity index (χ2v) is 11.0. The Labute approximate surface area is 208 Å². The number of rotatable bonds is 10. The van der Waals surface area contributed by atoms with Crippen LogP contribution in [-0.4, -0.2) is 50.0 Å². The topological polar surface area (TPSA) is 86.8 Å². The molecule has 7 nitrogen and oxygen atoms in total. The lowest BCUT2D eigenvalue weighted by molar-refractivity contribution is -0.139. The Hall–Kier alpha value is -2.58. The highest BCUT2D eigenvalue weighted by Gasteiger charge is 2.31. The zero-order chi connectivity index (χ0) is 25.6. The van der Waals surface area contributed by atoms with Crippen molar-refractivity contribution in [3.63, 3.8) is 0 Å². The van der Waals surface area contributed by atoms with Crippen LogP contribution >= 0.6 is 11.6 Å². The van der Waals surface area contributed by atoms with Crippen molar-refractivity contribution < 1.29 is 18.0 Å². The number of sulfonamides is 1. The Bertz CT molecular complexity index is 1140. The molecule has 34 heavy (non-hydrogen) atoms. The van der Waals surface area contributed by atoms with Crippen LogP contribution in [0.25, 0.3) is 0 Å². The molecule has 0 aromatic heterocycles. The van der Waals surface area contributed by atoms with Crippen LogP contribution in [0.15, 0.2) is 42.5 Å². The Balaban J connectivity index is 2.43. The van der Waals surface area contributed by atoms with Crippen LogP contribution in [0.1, 0.15) is 43.9 Å². The maximum atomic E-state index is 13.6. The number of benzene rings is 2. The molecular weight excluding hydrogens is 474 g/mol. The SMILES string of the molecule is CC[C@H](C)NC(=O)[C@H](C)N(Cc1cccc(C)c1)C(=O)CN(c1cccc(Cl)c1C)S(C)(=O)=O. The van der Waals surface area contributed by atoms with Crippen LogP contribution < -0.4 is 9.62 Å². The van der Waals surface area contributed by atoms with Gasteiger partial charge in [-0.2, -0.15) is 0 Å². The van der Waals surface area contributed by atoms with Crippen LogP contribution in [0, 0.1) is 13.8 Å². The van der Waals surface area contributed by atoms with Crippen molar-refractivity contribution in [2.75, 3.05) is 17.1 Å². The number of anilines is 1. The lowest BCUT2D eigenvalue weighted by Gasteiger charge is -2.32. The lowest BCUT2D eigenvalue weighted by atomic mass is 10.1. The van der Waals surface area contributed by atoms with Crippen LogP contribution in [0.5, 0.6) is 0 Å². The molecule has 0 aliphatic heterocycles. The summed E-state index contributed by atoms with van der Waals surface area (Å²) in [5, 5.41) is 3.31. The van der Waals surface area contributed by atoms with Crippen molar-refractivity contribution >= 4 is 39.1 Å². The largest absolute Gasteiger partial charge is 0.352 e. The molecule has 0 bridgehead atoms. The van der Waals surface area contributed by atoms with Crippen molar-refractivity contribution in [2.45, 2.75) is 59.7 Å². The molecule has 2 aromatic carbocycles. The van der Waals surface area contributed by atoms with Gasteiger partial charge in [-0.1, -0.05) is 54.4 Å². The lowest BCUT2D eigenvalue weighted by Crippen LogP contribution is -2.52. The number of hydrogen-bond acceptors (Lipinski definition) is 4. The van der Waals surface area contributed by atoms with Gasteiger partial charge in [-0.15, -0.1) is 0 Å². The van der Waals surface area contributed by atoms with E-state index in [1.807, 2.05) is 45.0 Å². The van der Waals surface area contributed by atoms with E-state index in [1.54, 1.807) is 32.0 Å². The van der Waals surface area contributed by atoms with Crippen molar-refractivity contribution in [1.82, 2.24) is 10.2 Å². The van der Waals surface area contributed by atoms with Crippen molar-refractivity contribution in [1.29, 1.82) is 0 Å². The Morgan fingerprint density at radius 2 is 1.74 bits per heavy atom. The van der Waals surface area contributed by atoms with E-state index in [0.717, 1.165) is 28.1 Å². The van der Waals surface area contributed by atoms with Gasteiger partial charge in [-0.05, 0) is 57.4 Å². The highest BCUT2D eigenvalue weighted by Crippen LogP contribution is 2.28. The summed E-state index contributed by atoms with van der Waals surface area (Å²) in [5.41, 5.74) is 2.75. The quantitative estimate of drug-likeness (QED) is 0.525. The number of carbonyl (C=O) groups excluding carboxylic acids is 2. The number of aryl methyl sites for hydroxylation is 1. The molecule has 0 saturated heterocycles. The predicted molar refractivity (Wildman–Crippen MR) is 137 cm³/mol. The number of nitrogens with zero attached hydrogens (tertiary/aromatic N) is 2. The molecule has 0 aliphatic carbocycles. The van der Waals surface area contributed by atoms with Crippen LogP contribution in [-0.2, 0) is 26.2 Å². The van der Waals surface area contributed by atoms with Gasteiger partial charge >= 0.3 is 0 Å². The summed E-state index contributed by atoms with van der Waals surface area (Å²) in [4.78, 5) is 27.9. The average Bonchev–Trinajstić information content (AvgIpc) is 2.76. The number of nitrogens with one attached hydrogen (secondary N) is 1. The molecule has 0 saturated carbocycles. The first-order chi connectivity index (χ1) is 15.8. The molecule has 0 spiro atoms. The summed E-state index contributed by atoms with van der Waals surface area (Å²) in [7, 11) is -3.81. The summed E-state index contributed by atoms with van der Waals surface area (Å²) in [6.45, 7) is 8.87. The first kappa shape index (κ1) is 27.7. The molecular formula is C25H34ClN3O4S. The number of carbonyl (C=O) groups is 2. The molecule has 9 heteroatoms. The van der Waals surface area contributed by atoms with Gasteiger partial charge in [-0.25, -0.2) is 8.42 Å². The third-order valence-electron chi connectivity index (χ3n) is 5.79. The van der Waals surface area contributed by atoms with Crippen LogP contribution in [0.2, 0.25) is 5.02 Å². The van der Waals surface area contributed by atoms with E-state index in [0.29, 0.717) is 16.3 Å². The molecule has 1 N–H and O–H groups in total. The van der Waals surface area contributed by atoms with Gasteiger partial charge in [0.1, 0.15) is 12.6 Å². The molecule has 0 unspecified atom stereocenters. The van der Waals surface area contributed by atoms with E-state index >= 15 is 0 Å². The fourth-order valence-corrected chi connectivity index (χ4v) is 4.59. The van der Waals surface area contributed by atoms with Crippen LogP contribution in [0.4, 0.5) is 5.69 Å². The summed E-state index contributed by atoms with van der Waals surface area (Å²) >= 11 is 6.21. The van der Waals surface area contributed by atoms with Gasteiger partial charge in [0.2, 0.25) is 21.8 Å². The molecule has 2 amide bonds. The molecule has 0 radical (unpaired) electrons. The summed E-state index contributed by atoms with van der Waals surface area (Å²) in [5.74, 6) is -0.779. The van der Waals surface area contributed by atoms with Crippen molar-refractivity contribution in [3.05, 3.63) is 64.2 Å². The minimum Gasteiger partial charge on any atom is -0.352 e. The second kappa shape index (κ2) is 11.7. The van der Waals surface area contributed by atoms with Gasteiger partial charge in [0, 0.05) is 17.6 Å². The van der Waals surface area contributed by atoms with E-state index in [9.17, 15) is 18.0 Å². The molecule has 186 valence electrons. The zero-order valence-corrected chi connectivity index (χ0v) is 22.2. The number of hydrogen-bond donors (Lipinski definition) is 1. The minimum absolute atomic E-state index is 0.0486. The molecule has 2 rings (SSSR count). The van der Waals surface area contributed by atoms with Gasteiger partial charge in [0.05, 0.1) is 11.9 Å². The van der Waals surface area contributed by atoms with Gasteiger partial charge in [0.25, 0.3) is 0 Å². The predicted octanol–water partition coefficient (Wildman–Crippen LogP) is 4.05. The molecule has 2 atom stereocenters. The average molecular weight is 508 g/mol. The molecule has 0 fully saturated rings. The highest BCUT2D eigenvalue weighted by molar-refractivity contribution is 7.92. The van der Waals surface area contributed by atoms with Crippen molar-refractivity contribution in [2.24, 2.45) is 0 Å². The first-order valence-corrected chi connectivity index (χ1v) is 13.5. The van der Waals surface area contributed by atoms with Gasteiger partial charge in [0.15, 0.2) is 0 Å². The van der Waals surface area contributed by atoms with E-state index in [-0.39, 0.29) is 18.5 Å². The monoisotopic (exact) mass is 507 g/mol. The normalized spacial score (nSPS) is 13.1. The number of amides is 2. The summed E-state index contributed by atoms with van der Waals surface area (Å²) in [6.07, 6.45) is 1.80. The Morgan fingerprint density at radius 1 is 1.09 bits per heavy atom. The summed E-state index contributed by atoms with van der Waals surface area (Å²) < 4.78 is 26.4. The Morgan fingerprint density at radius 3 is 2.32 bits per heavy atom. The maximum absolute atomic E-state index is 13.6. The fraction of sp³-hybridized carbons (Fsp3) is 0.440. The summed E-state index contributed by atoms with van der Waals surface area (Å²) in [6, 6.07) is 11.7. The fourth-order valence-electron chi connectivity index (χ4n) is 3.52. The third kappa shape index (κ3) is 7.21. The number of halogens is 1. The van der Waals surface area contributed by atoms with Crippen molar-refractivity contribution in [3.8, 4) is 0 Å². The third-order valence-corrected chi connectivity index (χ3v) is 7.33. The Kier molecular flexibility index (Phi) is 9.53. The maximum Gasteiger partial charge on any atom is 0.244 e. The van der Waals surface area contributed by atoms with E-state index in [4.69, 9.17) is 11.6 Å². The molecule has 0 aliphatic rings. The van der Waals surface area contributed by atoms with E-state index in [2.05, 4.69) is 5.32 Å². The zero-order valence-electron chi connectivity index (χ0n) is 20.6. The second-order valence-electron chi connectivity index (χ2n) is 8.66. The smallest absolute Gasteiger partial charge is 0.244 e. The van der Waals surface area contributed by atoms with Gasteiger partial charge in [-0.3, -0.25) is 13.9 Å². The van der Waals surface area contributed by atoms with E-state index in [1.165, 1.54) is 4.90 Å². The van der Waals surface area contributed by atoms with Gasteiger partial charge < -0.3 is 10.2 Å². The highest BCUT2D eigenvalue weighted by atomic mass is 35.5. The van der Waals surface area contributed by atoms with Crippen LogP contribution in [0.3, 0.4) is 0 Å².